The van der Waals surface area contributed by atoms with Crippen molar-refractivity contribution in [3.8, 4) is 17.2 Å². The van der Waals surface area contributed by atoms with Gasteiger partial charge in [0.1, 0.15) is 35.4 Å². The summed E-state index contributed by atoms with van der Waals surface area (Å²) in [5.41, 5.74) is 1.31. The van der Waals surface area contributed by atoms with E-state index in [-0.39, 0.29) is 17.5 Å². The van der Waals surface area contributed by atoms with Crippen molar-refractivity contribution in [1.29, 1.82) is 0 Å². The molecule has 0 spiro atoms. The molecule has 1 aliphatic rings. The molecule has 1 N–H and O–H groups in total. The molecule has 37 heavy (non-hydrogen) atoms. The highest BCUT2D eigenvalue weighted by Crippen LogP contribution is 2.29. The predicted molar refractivity (Wildman–Crippen MR) is 142 cm³/mol. The Bertz CT molecular complexity index is 1330. The molecule has 194 valence electrons. The summed E-state index contributed by atoms with van der Waals surface area (Å²) in [7, 11) is 0. The van der Waals surface area contributed by atoms with E-state index in [0.717, 1.165) is 5.56 Å². The van der Waals surface area contributed by atoms with Gasteiger partial charge in [0.2, 0.25) is 0 Å². The summed E-state index contributed by atoms with van der Waals surface area (Å²) in [6, 6.07) is 13.1. The second-order valence-corrected chi connectivity index (χ2v) is 8.80. The second-order valence-electron chi connectivity index (χ2n) is 8.01. The van der Waals surface area contributed by atoms with E-state index < -0.39 is 5.82 Å². The van der Waals surface area contributed by atoms with Crippen molar-refractivity contribution in [2.24, 2.45) is 0 Å². The van der Waals surface area contributed by atoms with Gasteiger partial charge in [-0.2, -0.15) is 0 Å². The van der Waals surface area contributed by atoms with Gasteiger partial charge in [0.05, 0.1) is 18.2 Å². The van der Waals surface area contributed by atoms with E-state index in [4.69, 9.17) is 42.4 Å². The van der Waals surface area contributed by atoms with Crippen LogP contribution in [0.1, 0.15) is 30.9 Å². The molecular formula is C27H26ClFN2O5S. The molecule has 1 fully saturated rings. The standard InChI is InChI=1S/C27H26ClFN2O5S/c1-3-33-24-9-5-17(13-25(24)34-4-2)11-12-31-26(32)22(30-27(31)37)15-19-7-8-20(36-19)16-35-23-10-6-18(29)14-21(23)28/h5-10,13-15H,3-4,11-12,16H2,1-2H3,(H,30,37)/b22-15+. The van der Waals surface area contributed by atoms with Crippen LogP contribution in [0.15, 0.2) is 58.6 Å². The average Bonchev–Trinajstić information content (AvgIpc) is 3.42. The van der Waals surface area contributed by atoms with Crippen molar-refractivity contribution in [1.82, 2.24) is 10.2 Å². The lowest BCUT2D eigenvalue weighted by molar-refractivity contribution is -0.122. The van der Waals surface area contributed by atoms with Crippen molar-refractivity contribution in [3.63, 3.8) is 0 Å². The molecule has 0 aliphatic carbocycles. The zero-order chi connectivity index (χ0) is 26.4. The van der Waals surface area contributed by atoms with Crippen molar-refractivity contribution >= 4 is 40.9 Å². The molecule has 0 unspecified atom stereocenters. The number of rotatable bonds is 11. The normalized spacial score (nSPS) is 14.3. The number of nitrogens with zero attached hydrogens (tertiary/aromatic N) is 1. The van der Waals surface area contributed by atoms with E-state index >= 15 is 0 Å². The maximum atomic E-state index is 13.2. The lowest BCUT2D eigenvalue weighted by atomic mass is 10.1. The third kappa shape index (κ3) is 6.61. The van der Waals surface area contributed by atoms with Crippen LogP contribution < -0.4 is 19.5 Å². The zero-order valence-electron chi connectivity index (χ0n) is 20.4. The van der Waals surface area contributed by atoms with Crippen LogP contribution in [0.4, 0.5) is 4.39 Å². The van der Waals surface area contributed by atoms with Gasteiger partial charge in [-0.1, -0.05) is 17.7 Å². The van der Waals surface area contributed by atoms with Crippen LogP contribution in [-0.2, 0) is 17.8 Å². The van der Waals surface area contributed by atoms with Crippen molar-refractivity contribution in [2.75, 3.05) is 19.8 Å². The molecular weight excluding hydrogens is 519 g/mol. The maximum Gasteiger partial charge on any atom is 0.276 e. The number of carbonyl (C=O) groups is 1. The van der Waals surface area contributed by atoms with Gasteiger partial charge in [-0.25, -0.2) is 4.39 Å². The van der Waals surface area contributed by atoms with Crippen LogP contribution >= 0.6 is 23.8 Å². The number of hydrogen-bond donors (Lipinski definition) is 1. The zero-order valence-corrected chi connectivity index (χ0v) is 22.0. The minimum Gasteiger partial charge on any atom is -0.490 e. The van der Waals surface area contributed by atoms with Gasteiger partial charge in [0, 0.05) is 12.6 Å². The fraction of sp³-hybridized carbons (Fsp3) is 0.259. The Hall–Kier alpha value is -3.56. The van der Waals surface area contributed by atoms with Crippen molar-refractivity contribution in [2.45, 2.75) is 26.9 Å². The Balaban J connectivity index is 1.37. The smallest absolute Gasteiger partial charge is 0.276 e. The molecule has 0 bridgehead atoms. The van der Waals surface area contributed by atoms with Crippen LogP contribution in [0, 0.1) is 5.82 Å². The highest BCUT2D eigenvalue weighted by atomic mass is 35.5. The summed E-state index contributed by atoms with van der Waals surface area (Å²) in [6.07, 6.45) is 2.18. The molecule has 1 amide bonds. The topological polar surface area (TPSA) is 73.2 Å². The van der Waals surface area contributed by atoms with Crippen LogP contribution in [0.2, 0.25) is 5.02 Å². The molecule has 7 nitrogen and oxygen atoms in total. The Morgan fingerprint density at radius 3 is 2.54 bits per heavy atom. The molecule has 2 aromatic carbocycles. The van der Waals surface area contributed by atoms with Gasteiger partial charge in [0.15, 0.2) is 16.6 Å². The fourth-order valence-electron chi connectivity index (χ4n) is 3.70. The van der Waals surface area contributed by atoms with E-state index in [0.29, 0.717) is 65.8 Å². The lowest BCUT2D eigenvalue weighted by Crippen LogP contribution is -2.32. The second kappa shape index (κ2) is 12.1. The van der Waals surface area contributed by atoms with Crippen LogP contribution in [0.5, 0.6) is 17.2 Å². The first kappa shape index (κ1) is 26.5. The van der Waals surface area contributed by atoms with Crippen LogP contribution in [-0.4, -0.2) is 35.7 Å². The van der Waals surface area contributed by atoms with Gasteiger partial charge in [-0.3, -0.25) is 9.69 Å². The molecule has 1 aromatic heterocycles. The van der Waals surface area contributed by atoms with Crippen molar-refractivity contribution < 1.29 is 27.8 Å². The molecule has 1 aliphatic heterocycles. The molecule has 1 saturated heterocycles. The Morgan fingerprint density at radius 2 is 1.78 bits per heavy atom. The van der Waals surface area contributed by atoms with Gasteiger partial charge in [0.25, 0.3) is 5.91 Å². The van der Waals surface area contributed by atoms with Crippen molar-refractivity contribution in [3.05, 3.63) is 82.2 Å². The molecule has 2 heterocycles. The van der Waals surface area contributed by atoms with Gasteiger partial charge in [-0.15, -0.1) is 0 Å². The first-order valence-corrected chi connectivity index (χ1v) is 12.6. The number of nitrogens with one attached hydrogen (secondary N) is 1. The Morgan fingerprint density at radius 1 is 1.03 bits per heavy atom. The minimum atomic E-state index is -0.445. The SMILES string of the molecule is CCOc1ccc(CCN2C(=O)/C(=C\c3ccc(COc4ccc(F)cc4Cl)o3)NC2=S)cc1OCC. The number of halogens is 2. The summed E-state index contributed by atoms with van der Waals surface area (Å²) in [5, 5.41) is 3.45. The van der Waals surface area contributed by atoms with E-state index in [1.54, 1.807) is 18.2 Å². The van der Waals surface area contributed by atoms with Crippen LogP contribution in [0.25, 0.3) is 6.08 Å². The Labute approximate surface area is 224 Å². The Kier molecular flexibility index (Phi) is 8.68. The molecule has 3 aromatic rings. The first-order valence-electron chi connectivity index (χ1n) is 11.8. The number of amides is 1. The quantitative estimate of drug-likeness (QED) is 0.243. The highest BCUT2D eigenvalue weighted by molar-refractivity contribution is 7.80. The molecule has 0 atom stereocenters. The fourth-order valence-corrected chi connectivity index (χ4v) is 4.21. The van der Waals surface area contributed by atoms with Crippen LogP contribution in [0.3, 0.4) is 0 Å². The molecule has 0 radical (unpaired) electrons. The van der Waals surface area contributed by atoms with E-state index in [9.17, 15) is 9.18 Å². The largest absolute Gasteiger partial charge is 0.490 e. The van der Waals surface area contributed by atoms with E-state index in [1.807, 2.05) is 32.0 Å². The summed E-state index contributed by atoms with van der Waals surface area (Å²) >= 11 is 11.4. The van der Waals surface area contributed by atoms with E-state index in [1.165, 1.54) is 23.1 Å². The van der Waals surface area contributed by atoms with Gasteiger partial charge >= 0.3 is 0 Å². The van der Waals surface area contributed by atoms with E-state index in [2.05, 4.69) is 5.32 Å². The molecule has 0 saturated carbocycles. The number of hydrogen-bond acceptors (Lipinski definition) is 6. The molecule has 10 heteroatoms. The number of carbonyl (C=O) groups excluding carboxylic acids is 1. The lowest BCUT2D eigenvalue weighted by Gasteiger charge is -2.15. The average molecular weight is 545 g/mol. The number of thiocarbonyl (C=S) groups is 1. The predicted octanol–water partition coefficient (Wildman–Crippen LogP) is 5.75. The monoisotopic (exact) mass is 544 g/mol. The third-order valence-corrected chi connectivity index (χ3v) is 6.04. The number of ether oxygens (including phenoxy) is 3. The highest BCUT2D eigenvalue weighted by Gasteiger charge is 2.30. The minimum absolute atomic E-state index is 0.0895. The molecule has 4 rings (SSSR count). The number of furan rings is 1. The summed E-state index contributed by atoms with van der Waals surface area (Å²) in [5.74, 6) is 1.99. The third-order valence-electron chi connectivity index (χ3n) is 5.43. The first-order chi connectivity index (χ1) is 17.9. The number of benzene rings is 2. The van der Waals surface area contributed by atoms with Gasteiger partial charge in [-0.05, 0) is 80.5 Å². The summed E-state index contributed by atoms with van der Waals surface area (Å²) in [6.45, 7) is 5.40. The maximum absolute atomic E-state index is 13.2. The summed E-state index contributed by atoms with van der Waals surface area (Å²) in [4.78, 5) is 14.5. The van der Waals surface area contributed by atoms with Gasteiger partial charge < -0.3 is 23.9 Å². The summed E-state index contributed by atoms with van der Waals surface area (Å²) < 4.78 is 35.8.